The Kier molecular flexibility index (Phi) is 3.21. The summed E-state index contributed by atoms with van der Waals surface area (Å²) in [5, 5.41) is 3.13. The number of benzene rings is 1. The third kappa shape index (κ3) is 2.46. The first-order valence-electron chi connectivity index (χ1n) is 5.97. The molecule has 5 heteroatoms. The number of nitrogens with zero attached hydrogens (tertiary/aromatic N) is 2. The van der Waals surface area contributed by atoms with Crippen LogP contribution in [-0.4, -0.2) is 17.4 Å². The van der Waals surface area contributed by atoms with Crippen molar-refractivity contribution >= 4 is 33.2 Å². The fraction of sp³-hybridized carbons (Fsp3) is 0.143. The lowest BCUT2D eigenvalue weighted by Gasteiger charge is -2.30. The van der Waals surface area contributed by atoms with Crippen molar-refractivity contribution in [3.63, 3.8) is 0 Å². The van der Waals surface area contributed by atoms with E-state index in [1.54, 1.807) is 17.3 Å². The molecule has 2 heterocycles. The minimum atomic E-state index is 0.0682. The highest BCUT2D eigenvalue weighted by Gasteiger charge is 2.23. The zero-order valence-corrected chi connectivity index (χ0v) is 11.7. The van der Waals surface area contributed by atoms with Crippen molar-refractivity contribution in [1.29, 1.82) is 0 Å². The normalized spacial score (nSPS) is 13.9. The Morgan fingerprint density at radius 2 is 2.26 bits per heavy atom. The Hall–Kier alpha value is -1.88. The van der Waals surface area contributed by atoms with Crippen LogP contribution in [0.5, 0.6) is 0 Å². The lowest BCUT2D eigenvalue weighted by atomic mass is 10.1. The molecule has 1 aromatic heterocycles. The van der Waals surface area contributed by atoms with Gasteiger partial charge in [0.25, 0.3) is 0 Å². The van der Waals surface area contributed by atoms with Crippen LogP contribution in [0.4, 0.5) is 11.4 Å². The third-order valence-electron chi connectivity index (χ3n) is 3.04. The van der Waals surface area contributed by atoms with Gasteiger partial charge in [0.1, 0.15) is 0 Å². The molecule has 0 saturated heterocycles. The number of aromatic nitrogens is 1. The Morgan fingerprint density at radius 1 is 1.37 bits per heavy atom. The van der Waals surface area contributed by atoms with Gasteiger partial charge in [-0.3, -0.25) is 9.78 Å². The molecule has 96 valence electrons. The van der Waals surface area contributed by atoms with Crippen molar-refractivity contribution < 1.29 is 4.79 Å². The van der Waals surface area contributed by atoms with E-state index in [-0.39, 0.29) is 5.91 Å². The molecule has 1 aliphatic rings. The van der Waals surface area contributed by atoms with Crippen LogP contribution in [0.15, 0.2) is 47.2 Å². The molecule has 0 unspecified atom stereocenters. The van der Waals surface area contributed by atoms with Gasteiger partial charge in [0.05, 0.1) is 24.5 Å². The number of rotatable bonds is 2. The quantitative estimate of drug-likeness (QED) is 0.926. The average Bonchev–Trinajstić information content (AvgIpc) is 2.43. The van der Waals surface area contributed by atoms with Crippen LogP contribution in [0, 0.1) is 0 Å². The second kappa shape index (κ2) is 5.01. The van der Waals surface area contributed by atoms with Crippen molar-refractivity contribution in [3.8, 4) is 0 Å². The molecule has 1 N–H and O–H groups in total. The first kappa shape index (κ1) is 12.2. The molecule has 0 atom stereocenters. The maximum atomic E-state index is 12.1. The van der Waals surface area contributed by atoms with Crippen LogP contribution in [0.2, 0.25) is 0 Å². The fourth-order valence-corrected chi connectivity index (χ4v) is 2.49. The van der Waals surface area contributed by atoms with E-state index in [2.05, 4.69) is 26.2 Å². The van der Waals surface area contributed by atoms with Gasteiger partial charge in [-0.25, -0.2) is 0 Å². The van der Waals surface area contributed by atoms with Crippen molar-refractivity contribution in [2.24, 2.45) is 0 Å². The monoisotopic (exact) mass is 317 g/mol. The Balaban J connectivity index is 1.95. The van der Waals surface area contributed by atoms with Crippen molar-refractivity contribution in [2.45, 2.75) is 6.54 Å². The van der Waals surface area contributed by atoms with E-state index >= 15 is 0 Å². The number of carbonyl (C=O) groups excluding carboxylic acids is 1. The number of anilines is 2. The third-order valence-corrected chi connectivity index (χ3v) is 3.54. The van der Waals surface area contributed by atoms with Crippen LogP contribution in [0.3, 0.4) is 0 Å². The molecule has 19 heavy (non-hydrogen) atoms. The van der Waals surface area contributed by atoms with Crippen molar-refractivity contribution in [3.05, 3.63) is 52.8 Å². The molecular weight excluding hydrogens is 306 g/mol. The molecule has 4 nitrogen and oxygen atoms in total. The highest BCUT2D eigenvalue weighted by Crippen LogP contribution is 2.32. The summed E-state index contributed by atoms with van der Waals surface area (Å²) in [6, 6.07) is 9.72. The zero-order valence-electron chi connectivity index (χ0n) is 10.1. The van der Waals surface area contributed by atoms with E-state index in [0.717, 1.165) is 21.4 Å². The molecule has 2 aromatic rings. The first-order valence-corrected chi connectivity index (χ1v) is 6.76. The summed E-state index contributed by atoms with van der Waals surface area (Å²) in [6.07, 6.45) is 3.52. The number of nitrogens with one attached hydrogen (secondary N) is 1. The van der Waals surface area contributed by atoms with Gasteiger partial charge in [0.2, 0.25) is 5.91 Å². The molecule has 0 fully saturated rings. The van der Waals surface area contributed by atoms with Gasteiger partial charge in [0, 0.05) is 16.9 Å². The van der Waals surface area contributed by atoms with Crippen LogP contribution in [0.25, 0.3) is 0 Å². The highest BCUT2D eigenvalue weighted by molar-refractivity contribution is 9.10. The van der Waals surface area contributed by atoms with Gasteiger partial charge >= 0.3 is 0 Å². The summed E-state index contributed by atoms with van der Waals surface area (Å²) in [5.41, 5.74) is 2.90. The van der Waals surface area contributed by atoms with E-state index in [4.69, 9.17) is 0 Å². The van der Waals surface area contributed by atoms with Crippen molar-refractivity contribution in [1.82, 2.24) is 4.98 Å². The first-order chi connectivity index (χ1) is 9.24. The Labute approximate surface area is 119 Å². The standard InChI is InChI=1S/C14H12BrN3O/c15-11-3-4-13-12(6-11)17-8-14(19)18(13)9-10-2-1-5-16-7-10/h1-7,17H,8-9H2. The Morgan fingerprint density at radius 3 is 3.05 bits per heavy atom. The molecule has 1 amide bonds. The van der Waals surface area contributed by atoms with Gasteiger partial charge in [-0.2, -0.15) is 0 Å². The largest absolute Gasteiger partial charge is 0.374 e. The average molecular weight is 318 g/mol. The van der Waals surface area contributed by atoms with E-state index in [9.17, 15) is 4.79 Å². The molecule has 0 saturated carbocycles. The predicted octanol–water partition coefficient (Wildman–Crippen LogP) is 2.80. The smallest absolute Gasteiger partial charge is 0.246 e. The van der Waals surface area contributed by atoms with Crippen LogP contribution >= 0.6 is 15.9 Å². The molecule has 1 aliphatic heterocycles. The fourth-order valence-electron chi connectivity index (χ4n) is 2.13. The molecule has 3 rings (SSSR count). The summed E-state index contributed by atoms with van der Waals surface area (Å²) in [5.74, 6) is 0.0682. The summed E-state index contributed by atoms with van der Waals surface area (Å²) in [7, 11) is 0. The molecule has 1 aromatic carbocycles. The van der Waals surface area contributed by atoms with E-state index in [0.29, 0.717) is 13.1 Å². The summed E-state index contributed by atoms with van der Waals surface area (Å²) < 4.78 is 0.995. The highest BCUT2D eigenvalue weighted by atomic mass is 79.9. The number of amides is 1. The molecule has 0 radical (unpaired) electrons. The summed E-state index contributed by atoms with van der Waals surface area (Å²) >= 11 is 3.44. The summed E-state index contributed by atoms with van der Waals surface area (Å²) in [4.78, 5) is 17.9. The lowest BCUT2D eigenvalue weighted by molar-refractivity contribution is -0.117. The van der Waals surface area contributed by atoms with Gasteiger partial charge < -0.3 is 10.2 Å². The number of fused-ring (bicyclic) bond motifs is 1. The lowest BCUT2D eigenvalue weighted by Crippen LogP contribution is -2.39. The van der Waals surface area contributed by atoms with Gasteiger partial charge in [-0.1, -0.05) is 22.0 Å². The van der Waals surface area contributed by atoms with Gasteiger partial charge in [-0.05, 0) is 29.8 Å². The SMILES string of the molecule is O=C1CNc2cc(Br)ccc2N1Cc1cccnc1. The second-order valence-electron chi connectivity index (χ2n) is 4.36. The molecule has 0 aliphatic carbocycles. The molecule has 0 bridgehead atoms. The van der Waals surface area contributed by atoms with Crippen LogP contribution in [0.1, 0.15) is 5.56 Å². The van der Waals surface area contributed by atoms with Crippen LogP contribution < -0.4 is 10.2 Å². The minimum absolute atomic E-state index is 0.0682. The zero-order chi connectivity index (χ0) is 13.2. The topological polar surface area (TPSA) is 45.2 Å². The second-order valence-corrected chi connectivity index (χ2v) is 5.27. The van der Waals surface area contributed by atoms with Crippen LogP contribution in [-0.2, 0) is 11.3 Å². The maximum Gasteiger partial charge on any atom is 0.246 e. The van der Waals surface area contributed by atoms with Gasteiger partial charge in [0.15, 0.2) is 0 Å². The van der Waals surface area contributed by atoms with E-state index in [1.165, 1.54) is 0 Å². The number of hydrogen-bond acceptors (Lipinski definition) is 3. The summed E-state index contributed by atoms with van der Waals surface area (Å²) in [6.45, 7) is 0.868. The minimum Gasteiger partial charge on any atom is -0.374 e. The number of carbonyl (C=O) groups is 1. The van der Waals surface area contributed by atoms with E-state index in [1.807, 2.05) is 30.3 Å². The molecular formula is C14H12BrN3O. The number of hydrogen-bond donors (Lipinski definition) is 1. The van der Waals surface area contributed by atoms with Crippen molar-refractivity contribution in [2.75, 3.05) is 16.8 Å². The number of pyridine rings is 1. The van der Waals surface area contributed by atoms with Gasteiger partial charge in [-0.15, -0.1) is 0 Å². The predicted molar refractivity (Wildman–Crippen MR) is 78.1 cm³/mol. The maximum absolute atomic E-state index is 12.1. The number of halogens is 1. The Bertz CT molecular complexity index is 615. The van der Waals surface area contributed by atoms with E-state index < -0.39 is 0 Å². The molecule has 0 spiro atoms.